The lowest BCUT2D eigenvalue weighted by molar-refractivity contribution is -0.139. The van der Waals surface area contributed by atoms with E-state index in [9.17, 15) is 9.59 Å². The van der Waals surface area contributed by atoms with Crippen molar-refractivity contribution in [3.05, 3.63) is 46.1 Å². The molecular weight excluding hydrogens is 316 g/mol. The Kier molecular flexibility index (Phi) is 5.31. The molecule has 5 nitrogen and oxygen atoms in total. The Morgan fingerprint density at radius 1 is 1.35 bits per heavy atom. The summed E-state index contributed by atoms with van der Waals surface area (Å²) in [6.07, 6.45) is 0. The van der Waals surface area contributed by atoms with E-state index in [2.05, 4.69) is 5.32 Å². The van der Waals surface area contributed by atoms with E-state index in [1.807, 2.05) is 13.8 Å². The molecule has 0 aliphatic carbocycles. The highest BCUT2D eigenvalue weighted by molar-refractivity contribution is 6.30. The SMILES string of the molecule is CCOC(=O)C1=C(C)N(C(C)C)C(=O)N[C@@H]1c1ccc(Cl)cc1. The van der Waals surface area contributed by atoms with Gasteiger partial charge in [-0.25, -0.2) is 9.59 Å². The fourth-order valence-corrected chi connectivity index (χ4v) is 2.88. The molecule has 0 spiro atoms. The molecule has 0 saturated heterocycles. The summed E-state index contributed by atoms with van der Waals surface area (Å²) in [6, 6.07) is 6.21. The number of nitrogens with zero attached hydrogens (tertiary/aromatic N) is 1. The molecule has 1 aliphatic rings. The van der Waals surface area contributed by atoms with E-state index in [0.29, 0.717) is 16.3 Å². The zero-order valence-corrected chi connectivity index (χ0v) is 14.5. The number of hydrogen-bond donors (Lipinski definition) is 1. The van der Waals surface area contributed by atoms with Crippen LogP contribution in [0.4, 0.5) is 4.79 Å². The van der Waals surface area contributed by atoms with E-state index in [1.54, 1.807) is 43.0 Å². The second-order valence-electron chi connectivity index (χ2n) is 5.62. The summed E-state index contributed by atoms with van der Waals surface area (Å²) < 4.78 is 5.19. The van der Waals surface area contributed by atoms with Gasteiger partial charge in [0.1, 0.15) is 0 Å². The van der Waals surface area contributed by atoms with E-state index in [0.717, 1.165) is 5.56 Å². The summed E-state index contributed by atoms with van der Waals surface area (Å²) in [6.45, 7) is 7.60. The van der Waals surface area contributed by atoms with Gasteiger partial charge in [0.05, 0.1) is 18.2 Å². The predicted octanol–water partition coefficient (Wildman–Crippen LogP) is 3.65. The van der Waals surface area contributed by atoms with Crippen LogP contribution in [0.5, 0.6) is 0 Å². The topological polar surface area (TPSA) is 58.6 Å². The van der Waals surface area contributed by atoms with Gasteiger partial charge >= 0.3 is 12.0 Å². The third kappa shape index (κ3) is 3.50. The molecule has 0 radical (unpaired) electrons. The predicted molar refractivity (Wildman–Crippen MR) is 89.0 cm³/mol. The molecule has 1 atom stereocenters. The van der Waals surface area contributed by atoms with E-state index in [4.69, 9.17) is 16.3 Å². The van der Waals surface area contributed by atoms with E-state index >= 15 is 0 Å². The standard InChI is InChI=1S/C17H21ClN2O3/c1-5-23-16(21)14-11(4)20(10(2)3)17(22)19-15(14)12-6-8-13(18)9-7-12/h6-10,15H,5H2,1-4H3,(H,19,22)/t15-/m1/s1. The van der Waals surface area contributed by atoms with Crippen molar-refractivity contribution in [2.24, 2.45) is 0 Å². The molecule has 6 heteroatoms. The van der Waals surface area contributed by atoms with Crippen LogP contribution >= 0.6 is 11.6 Å². The van der Waals surface area contributed by atoms with Crippen molar-refractivity contribution in [2.75, 3.05) is 6.61 Å². The number of rotatable bonds is 4. The molecule has 1 aliphatic heterocycles. The van der Waals surface area contributed by atoms with Gasteiger partial charge in [0.25, 0.3) is 0 Å². The van der Waals surface area contributed by atoms with Crippen molar-refractivity contribution in [1.29, 1.82) is 0 Å². The van der Waals surface area contributed by atoms with Gasteiger partial charge in [-0.15, -0.1) is 0 Å². The number of halogens is 1. The van der Waals surface area contributed by atoms with Gasteiger partial charge in [-0.05, 0) is 45.4 Å². The second-order valence-corrected chi connectivity index (χ2v) is 6.05. The van der Waals surface area contributed by atoms with Crippen LogP contribution in [-0.4, -0.2) is 29.5 Å². The van der Waals surface area contributed by atoms with Crippen molar-refractivity contribution in [1.82, 2.24) is 10.2 Å². The number of carbonyl (C=O) groups is 2. The van der Waals surface area contributed by atoms with Gasteiger partial charge in [-0.1, -0.05) is 23.7 Å². The number of urea groups is 1. The van der Waals surface area contributed by atoms with Crippen molar-refractivity contribution in [3.63, 3.8) is 0 Å². The Morgan fingerprint density at radius 2 is 1.96 bits per heavy atom. The van der Waals surface area contributed by atoms with Crippen LogP contribution in [0.1, 0.15) is 39.3 Å². The number of benzene rings is 1. The van der Waals surface area contributed by atoms with Crippen LogP contribution in [0.2, 0.25) is 5.02 Å². The highest BCUT2D eigenvalue weighted by atomic mass is 35.5. The first-order valence-electron chi connectivity index (χ1n) is 7.59. The first-order valence-corrected chi connectivity index (χ1v) is 7.97. The maximum absolute atomic E-state index is 12.4. The molecule has 124 valence electrons. The third-order valence-electron chi connectivity index (χ3n) is 3.74. The average Bonchev–Trinajstić information content (AvgIpc) is 2.47. The molecule has 2 amide bonds. The Hall–Kier alpha value is -2.01. The van der Waals surface area contributed by atoms with Gasteiger partial charge in [-0.2, -0.15) is 0 Å². The maximum atomic E-state index is 12.4. The molecule has 23 heavy (non-hydrogen) atoms. The van der Waals surface area contributed by atoms with Crippen LogP contribution in [-0.2, 0) is 9.53 Å². The van der Waals surface area contributed by atoms with Crippen LogP contribution in [0.3, 0.4) is 0 Å². The molecule has 0 fully saturated rings. The molecule has 1 aromatic carbocycles. The number of esters is 1. The van der Waals surface area contributed by atoms with Crippen LogP contribution in [0.25, 0.3) is 0 Å². The van der Waals surface area contributed by atoms with Crippen molar-refractivity contribution in [3.8, 4) is 0 Å². The monoisotopic (exact) mass is 336 g/mol. The van der Waals surface area contributed by atoms with Crippen LogP contribution in [0, 0.1) is 0 Å². The molecule has 1 N–H and O–H groups in total. The summed E-state index contributed by atoms with van der Waals surface area (Å²) >= 11 is 5.92. The molecule has 1 heterocycles. The zero-order valence-electron chi connectivity index (χ0n) is 13.7. The summed E-state index contributed by atoms with van der Waals surface area (Å²) in [5.74, 6) is -0.421. The summed E-state index contributed by atoms with van der Waals surface area (Å²) in [5.41, 5.74) is 1.85. The first-order chi connectivity index (χ1) is 10.9. The number of allylic oxidation sites excluding steroid dienone is 1. The van der Waals surface area contributed by atoms with E-state index in [-0.39, 0.29) is 18.7 Å². The number of nitrogens with one attached hydrogen (secondary N) is 1. The first kappa shape index (κ1) is 17.3. The maximum Gasteiger partial charge on any atom is 0.338 e. The minimum atomic E-state index is -0.547. The Balaban J connectivity index is 2.53. The number of hydrogen-bond acceptors (Lipinski definition) is 3. The molecule has 2 rings (SSSR count). The summed E-state index contributed by atoms with van der Waals surface area (Å²) in [5, 5.41) is 3.48. The van der Waals surface area contributed by atoms with Crippen molar-refractivity contribution >= 4 is 23.6 Å². The van der Waals surface area contributed by atoms with Crippen molar-refractivity contribution < 1.29 is 14.3 Å². The molecule has 1 aromatic rings. The lowest BCUT2D eigenvalue weighted by Gasteiger charge is -2.37. The Bertz CT molecular complexity index is 638. The number of amides is 2. The smallest absolute Gasteiger partial charge is 0.338 e. The summed E-state index contributed by atoms with van der Waals surface area (Å²) in [7, 11) is 0. The van der Waals surface area contributed by atoms with Crippen molar-refractivity contribution in [2.45, 2.75) is 39.8 Å². The van der Waals surface area contributed by atoms with Crippen LogP contribution < -0.4 is 5.32 Å². The van der Waals surface area contributed by atoms with Gasteiger partial charge in [0.2, 0.25) is 0 Å². The van der Waals surface area contributed by atoms with Crippen LogP contribution in [0.15, 0.2) is 35.5 Å². The fraction of sp³-hybridized carbons (Fsp3) is 0.412. The number of carbonyl (C=O) groups excluding carboxylic acids is 2. The normalized spacial score (nSPS) is 18.3. The van der Waals surface area contributed by atoms with Gasteiger partial charge in [-0.3, -0.25) is 4.90 Å². The van der Waals surface area contributed by atoms with E-state index < -0.39 is 12.0 Å². The highest BCUT2D eigenvalue weighted by Gasteiger charge is 2.37. The Morgan fingerprint density at radius 3 is 2.48 bits per heavy atom. The molecular formula is C17H21ClN2O3. The quantitative estimate of drug-likeness (QED) is 0.854. The molecule has 0 saturated carbocycles. The Labute approximate surface area is 141 Å². The largest absolute Gasteiger partial charge is 0.463 e. The summed E-state index contributed by atoms with van der Waals surface area (Å²) in [4.78, 5) is 26.4. The molecule has 0 unspecified atom stereocenters. The minimum absolute atomic E-state index is 0.0643. The van der Waals surface area contributed by atoms with Gasteiger partial charge in [0, 0.05) is 16.8 Å². The van der Waals surface area contributed by atoms with Gasteiger partial charge in [0.15, 0.2) is 0 Å². The molecule has 0 bridgehead atoms. The minimum Gasteiger partial charge on any atom is -0.463 e. The lowest BCUT2D eigenvalue weighted by atomic mass is 9.94. The highest BCUT2D eigenvalue weighted by Crippen LogP contribution is 2.32. The third-order valence-corrected chi connectivity index (χ3v) is 3.99. The molecule has 0 aromatic heterocycles. The lowest BCUT2D eigenvalue weighted by Crippen LogP contribution is -2.50. The second kappa shape index (κ2) is 7.04. The fourth-order valence-electron chi connectivity index (χ4n) is 2.76. The van der Waals surface area contributed by atoms with E-state index in [1.165, 1.54) is 0 Å². The average molecular weight is 337 g/mol. The zero-order chi connectivity index (χ0) is 17.1. The number of ether oxygens (including phenoxy) is 1. The van der Waals surface area contributed by atoms with Gasteiger partial charge < -0.3 is 10.1 Å².